The summed E-state index contributed by atoms with van der Waals surface area (Å²) >= 11 is 0. The van der Waals surface area contributed by atoms with Gasteiger partial charge in [0.15, 0.2) is 0 Å². The second kappa shape index (κ2) is 4.51. The molecule has 0 aromatic heterocycles. The van der Waals surface area contributed by atoms with E-state index in [1.807, 2.05) is 19.9 Å². The van der Waals surface area contributed by atoms with Gasteiger partial charge in [0.2, 0.25) is 0 Å². The molecule has 0 heterocycles. The number of allylic oxidation sites excluding steroid dienone is 1. The van der Waals surface area contributed by atoms with Crippen LogP contribution in [0.4, 0.5) is 0 Å². The molecule has 0 fully saturated rings. The van der Waals surface area contributed by atoms with Gasteiger partial charge in [0, 0.05) is 0 Å². The molecule has 0 saturated carbocycles. The molecular weight excluding hydrogens is 124 g/mol. The third kappa shape index (κ3) is 7.70. The van der Waals surface area contributed by atoms with E-state index in [1.165, 1.54) is 6.42 Å². The van der Waals surface area contributed by atoms with E-state index in [-0.39, 0.29) is 0 Å². The van der Waals surface area contributed by atoms with E-state index in [0.29, 0.717) is 0 Å². The van der Waals surface area contributed by atoms with Gasteiger partial charge in [0.25, 0.3) is 0 Å². The highest BCUT2D eigenvalue weighted by Crippen LogP contribution is 2.07. The molecule has 0 aromatic carbocycles. The number of unbranched alkanes of at least 4 members (excludes halogenated alkanes) is 1. The Hall–Kier alpha value is -0.300. The van der Waals surface area contributed by atoms with Gasteiger partial charge >= 0.3 is 0 Å². The van der Waals surface area contributed by atoms with E-state index in [4.69, 9.17) is 0 Å². The van der Waals surface area contributed by atoms with Crippen molar-refractivity contribution in [2.24, 2.45) is 0 Å². The molecule has 1 nitrogen and oxygen atoms in total. The Kier molecular flexibility index (Phi) is 4.37. The van der Waals surface area contributed by atoms with Crippen molar-refractivity contribution in [2.45, 2.75) is 45.6 Å². The Morgan fingerprint density at radius 3 is 2.30 bits per heavy atom. The van der Waals surface area contributed by atoms with Crippen molar-refractivity contribution in [3.8, 4) is 0 Å². The van der Waals surface area contributed by atoms with Gasteiger partial charge in [-0.15, -0.1) is 0 Å². The highest BCUT2D eigenvalue weighted by Gasteiger charge is 2.07. The molecule has 0 atom stereocenters. The van der Waals surface area contributed by atoms with E-state index < -0.39 is 5.60 Å². The lowest BCUT2D eigenvalue weighted by Crippen LogP contribution is -2.16. The van der Waals surface area contributed by atoms with Crippen molar-refractivity contribution in [3.05, 3.63) is 12.2 Å². The van der Waals surface area contributed by atoms with Gasteiger partial charge in [-0.3, -0.25) is 0 Å². The largest absolute Gasteiger partial charge is 0.390 e. The van der Waals surface area contributed by atoms with Crippen molar-refractivity contribution in [2.75, 3.05) is 0 Å². The molecular formula is C9H18O. The summed E-state index contributed by atoms with van der Waals surface area (Å²) in [7, 11) is 0. The zero-order valence-corrected chi connectivity index (χ0v) is 7.22. The van der Waals surface area contributed by atoms with Gasteiger partial charge in [-0.25, -0.2) is 0 Å². The van der Waals surface area contributed by atoms with Crippen LogP contribution in [0.5, 0.6) is 0 Å². The molecule has 0 rings (SSSR count). The topological polar surface area (TPSA) is 20.2 Å². The van der Waals surface area contributed by atoms with Crippen LogP contribution in [0.3, 0.4) is 0 Å². The van der Waals surface area contributed by atoms with Crippen molar-refractivity contribution < 1.29 is 5.11 Å². The fourth-order valence-electron chi connectivity index (χ4n) is 0.656. The summed E-state index contributed by atoms with van der Waals surface area (Å²) in [6, 6.07) is 0. The fraction of sp³-hybridized carbons (Fsp3) is 0.778. The summed E-state index contributed by atoms with van der Waals surface area (Å²) < 4.78 is 0. The van der Waals surface area contributed by atoms with E-state index in [0.717, 1.165) is 12.8 Å². The van der Waals surface area contributed by atoms with Gasteiger partial charge < -0.3 is 5.11 Å². The van der Waals surface area contributed by atoms with Crippen LogP contribution in [0.15, 0.2) is 12.2 Å². The highest BCUT2D eigenvalue weighted by atomic mass is 16.3. The minimum Gasteiger partial charge on any atom is -0.390 e. The summed E-state index contributed by atoms with van der Waals surface area (Å²) in [5.74, 6) is 0. The first-order valence-corrected chi connectivity index (χ1v) is 3.93. The fourth-order valence-corrected chi connectivity index (χ4v) is 0.656. The van der Waals surface area contributed by atoms with Crippen LogP contribution in [0.2, 0.25) is 0 Å². The van der Waals surface area contributed by atoms with Crippen molar-refractivity contribution in [3.63, 3.8) is 0 Å². The summed E-state index contributed by atoms with van der Waals surface area (Å²) in [6.45, 7) is 5.79. The Labute approximate surface area is 63.8 Å². The SMILES string of the molecule is CCC/C=C/CC(C)(C)O. The maximum atomic E-state index is 9.27. The normalized spacial score (nSPS) is 12.8. The number of hydrogen-bond donors (Lipinski definition) is 1. The molecule has 10 heavy (non-hydrogen) atoms. The van der Waals surface area contributed by atoms with E-state index in [2.05, 4.69) is 13.0 Å². The number of hydrogen-bond acceptors (Lipinski definition) is 1. The van der Waals surface area contributed by atoms with E-state index in [1.54, 1.807) is 0 Å². The summed E-state index contributed by atoms with van der Waals surface area (Å²) in [5.41, 5.74) is -0.537. The Bertz CT molecular complexity index is 97.8. The maximum Gasteiger partial charge on any atom is 0.0626 e. The number of aliphatic hydroxyl groups is 1. The zero-order valence-electron chi connectivity index (χ0n) is 7.22. The van der Waals surface area contributed by atoms with Crippen molar-refractivity contribution in [1.29, 1.82) is 0 Å². The summed E-state index contributed by atoms with van der Waals surface area (Å²) in [6.07, 6.45) is 7.23. The van der Waals surface area contributed by atoms with Crippen LogP contribution < -0.4 is 0 Å². The van der Waals surface area contributed by atoms with Gasteiger partial charge in [0.1, 0.15) is 0 Å². The third-order valence-corrected chi connectivity index (χ3v) is 1.24. The zero-order chi connectivity index (χ0) is 8.04. The van der Waals surface area contributed by atoms with Gasteiger partial charge in [-0.2, -0.15) is 0 Å². The van der Waals surface area contributed by atoms with Crippen LogP contribution >= 0.6 is 0 Å². The molecule has 0 radical (unpaired) electrons. The Morgan fingerprint density at radius 1 is 1.30 bits per heavy atom. The highest BCUT2D eigenvalue weighted by molar-refractivity contribution is 4.86. The molecule has 0 unspecified atom stereocenters. The molecule has 0 spiro atoms. The van der Waals surface area contributed by atoms with Gasteiger partial charge in [-0.1, -0.05) is 25.5 Å². The molecule has 0 bridgehead atoms. The lowest BCUT2D eigenvalue weighted by atomic mass is 10.1. The minimum atomic E-state index is -0.537. The van der Waals surface area contributed by atoms with Crippen molar-refractivity contribution >= 4 is 0 Å². The average Bonchev–Trinajstić information content (AvgIpc) is 1.78. The molecule has 0 aromatic rings. The lowest BCUT2D eigenvalue weighted by Gasteiger charge is -2.13. The van der Waals surface area contributed by atoms with E-state index in [9.17, 15) is 5.11 Å². The van der Waals surface area contributed by atoms with Crippen LogP contribution in [0.25, 0.3) is 0 Å². The molecule has 1 heteroatoms. The molecule has 0 aliphatic rings. The van der Waals surface area contributed by atoms with Crippen molar-refractivity contribution in [1.82, 2.24) is 0 Å². The monoisotopic (exact) mass is 142 g/mol. The Morgan fingerprint density at radius 2 is 1.90 bits per heavy atom. The van der Waals surface area contributed by atoms with Crippen LogP contribution in [0, 0.1) is 0 Å². The first-order valence-electron chi connectivity index (χ1n) is 3.93. The lowest BCUT2D eigenvalue weighted by molar-refractivity contribution is 0.0838. The second-order valence-electron chi connectivity index (χ2n) is 3.28. The maximum absolute atomic E-state index is 9.27. The molecule has 1 N–H and O–H groups in total. The Balaban J connectivity index is 3.34. The molecule has 0 amide bonds. The van der Waals surface area contributed by atoms with Crippen LogP contribution in [0.1, 0.15) is 40.0 Å². The standard InChI is InChI=1S/C9H18O/c1-4-5-6-7-8-9(2,3)10/h6-7,10H,4-5,8H2,1-3H3/b7-6+. The summed E-state index contributed by atoms with van der Waals surface area (Å²) in [4.78, 5) is 0. The second-order valence-corrected chi connectivity index (χ2v) is 3.28. The predicted octanol–water partition coefficient (Wildman–Crippen LogP) is 2.50. The van der Waals surface area contributed by atoms with Crippen LogP contribution in [-0.4, -0.2) is 10.7 Å². The molecule has 0 aliphatic heterocycles. The smallest absolute Gasteiger partial charge is 0.0626 e. The minimum absolute atomic E-state index is 0.537. The molecule has 0 saturated heterocycles. The number of rotatable bonds is 4. The van der Waals surface area contributed by atoms with E-state index >= 15 is 0 Å². The molecule has 0 aliphatic carbocycles. The first kappa shape index (κ1) is 9.70. The van der Waals surface area contributed by atoms with Gasteiger partial charge in [0.05, 0.1) is 5.60 Å². The van der Waals surface area contributed by atoms with Crippen LogP contribution in [-0.2, 0) is 0 Å². The third-order valence-electron chi connectivity index (χ3n) is 1.24. The quantitative estimate of drug-likeness (QED) is 0.598. The summed E-state index contributed by atoms with van der Waals surface area (Å²) in [5, 5.41) is 9.27. The average molecular weight is 142 g/mol. The predicted molar refractivity (Wildman–Crippen MR) is 45.0 cm³/mol. The van der Waals surface area contributed by atoms with Gasteiger partial charge in [-0.05, 0) is 26.7 Å². The molecule has 60 valence electrons. The first-order chi connectivity index (χ1) is 4.56.